The lowest BCUT2D eigenvalue weighted by molar-refractivity contribution is 0.757. The lowest BCUT2D eigenvalue weighted by Crippen LogP contribution is -2.06. The van der Waals surface area contributed by atoms with Crippen LogP contribution in [0.2, 0.25) is 0 Å². The first-order valence-corrected chi connectivity index (χ1v) is 6.43. The van der Waals surface area contributed by atoms with Crippen molar-refractivity contribution in [1.29, 1.82) is 0 Å². The van der Waals surface area contributed by atoms with Crippen molar-refractivity contribution in [2.75, 3.05) is 5.32 Å². The van der Waals surface area contributed by atoms with Crippen molar-refractivity contribution in [3.05, 3.63) is 54.1 Å². The first kappa shape index (κ1) is 12.4. The molecule has 1 N–H and O–H groups in total. The highest BCUT2D eigenvalue weighted by Crippen LogP contribution is 2.11. The fourth-order valence-electron chi connectivity index (χ4n) is 2.08. The molecule has 6 nitrogen and oxygen atoms in total. The molecule has 20 heavy (non-hydrogen) atoms. The molecule has 2 heterocycles. The molecule has 0 bridgehead atoms. The number of anilines is 1. The van der Waals surface area contributed by atoms with Crippen LogP contribution < -0.4 is 5.32 Å². The molecule has 0 spiro atoms. The second-order valence-electron chi connectivity index (χ2n) is 4.58. The number of benzene rings is 1. The third kappa shape index (κ3) is 2.54. The van der Waals surface area contributed by atoms with Crippen LogP contribution in [0.3, 0.4) is 0 Å². The Kier molecular flexibility index (Phi) is 3.20. The monoisotopic (exact) mass is 268 g/mol. The summed E-state index contributed by atoms with van der Waals surface area (Å²) >= 11 is 0. The molecule has 0 saturated heterocycles. The summed E-state index contributed by atoms with van der Waals surface area (Å²) in [7, 11) is 1.88. The van der Waals surface area contributed by atoms with Gasteiger partial charge in [0.15, 0.2) is 0 Å². The Morgan fingerprint density at radius 2 is 2.15 bits per heavy atom. The van der Waals surface area contributed by atoms with E-state index in [1.807, 2.05) is 43.0 Å². The van der Waals surface area contributed by atoms with Gasteiger partial charge in [-0.1, -0.05) is 12.1 Å². The van der Waals surface area contributed by atoms with Gasteiger partial charge in [-0.05, 0) is 30.7 Å². The smallest absolute Gasteiger partial charge is 0.221 e. The molecule has 0 saturated carbocycles. The Morgan fingerprint density at radius 3 is 2.85 bits per heavy atom. The summed E-state index contributed by atoms with van der Waals surface area (Å²) in [6, 6.07) is 10.1. The van der Waals surface area contributed by atoms with Crippen molar-refractivity contribution in [2.45, 2.75) is 13.5 Å². The van der Waals surface area contributed by atoms with Gasteiger partial charge in [-0.15, -0.1) is 0 Å². The van der Waals surface area contributed by atoms with Gasteiger partial charge >= 0.3 is 0 Å². The number of hydrogen-bond acceptors (Lipinski definition) is 4. The minimum Gasteiger partial charge on any atom is -0.350 e. The van der Waals surface area contributed by atoms with Crippen LogP contribution in [0.15, 0.2) is 42.7 Å². The molecular formula is C14H16N6. The third-order valence-corrected chi connectivity index (χ3v) is 3.00. The highest BCUT2D eigenvalue weighted by Gasteiger charge is 2.04. The molecule has 6 heteroatoms. The van der Waals surface area contributed by atoms with E-state index in [4.69, 9.17) is 0 Å². The molecule has 3 aromatic rings. The second kappa shape index (κ2) is 5.16. The number of hydrogen-bond donors (Lipinski definition) is 1. The maximum atomic E-state index is 4.32. The summed E-state index contributed by atoms with van der Waals surface area (Å²) in [6.45, 7) is 2.57. The van der Waals surface area contributed by atoms with Gasteiger partial charge in [-0.2, -0.15) is 15.2 Å². The highest BCUT2D eigenvalue weighted by atomic mass is 15.4. The minimum atomic E-state index is 0.696. The molecule has 0 aliphatic carbocycles. The van der Waals surface area contributed by atoms with Crippen molar-refractivity contribution in [2.24, 2.45) is 7.05 Å². The van der Waals surface area contributed by atoms with Gasteiger partial charge in [-0.25, -0.2) is 9.36 Å². The predicted molar refractivity (Wildman–Crippen MR) is 76.6 cm³/mol. The van der Waals surface area contributed by atoms with E-state index in [9.17, 15) is 0 Å². The van der Waals surface area contributed by atoms with E-state index in [-0.39, 0.29) is 0 Å². The first-order valence-electron chi connectivity index (χ1n) is 6.43. The summed E-state index contributed by atoms with van der Waals surface area (Å²) in [5.74, 6) is 1.53. The fourth-order valence-corrected chi connectivity index (χ4v) is 2.08. The van der Waals surface area contributed by atoms with Crippen LogP contribution in [0.1, 0.15) is 11.4 Å². The Morgan fingerprint density at radius 1 is 1.25 bits per heavy atom. The number of aromatic nitrogens is 5. The van der Waals surface area contributed by atoms with Gasteiger partial charge in [0, 0.05) is 26.0 Å². The number of nitrogens with one attached hydrogen (secondary N) is 1. The van der Waals surface area contributed by atoms with Crippen LogP contribution in [-0.2, 0) is 13.6 Å². The summed E-state index contributed by atoms with van der Waals surface area (Å²) in [6.07, 6.45) is 3.70. The average molecular weight is 268 g/mol. The van der Waals surface area contributed by atoms with Gasteiger partial charge in [0.2, 0.25) is 5.95 Å². The molecule has 0 aliphatic heterocycles. The van der Waals surface area contributed by atoms with Crippen LogP contribution in [0.5, 0.6) is 0 Å². The fraction of sp³-hybridized carbons (Fsp3) is 0.214. The van der Waals surface area contributed by atoms with E-state index in [0.717, 1.165) is 17.5 Å². The molecule has 102 valence electrons. The standard InChI is InChI=1S/C14H16N6/c1-11-17-14(19(2)18-11)15-10-12-5-3-6-13(9-12)20-8-4-7-16-20/h3-9H,10H2,1-2H3,(H,15,17,18). The summed E-state index contributed by atoms with van der Waals surface area (Å²) in [4.78, 5) is 4.32. The third-order valence-electron chi connectivity index (χ3n) is 3.00. The quantitative estimate of drug-likeness (QED) is 0.785. The normalized spacial score (nSPS) is 10.7. The molecule has 3 rings (SSSR count). The number of nitrogens with zero attached hydrogens (tertiary/aromatic N) is 5. The molecule has 1 aromatic carbocycles. The molecule has 0 unspecified atom stereocenters. The van der Waals surface area contributed by atoms with Gasteiger partial charge in [-0.3, -0.25) is 0 Å². The predicted octanol–water partition coefficient (Wildman–Crippen LogP) is 1.92. The molecular weight excluding hydrogens is 252 g/mol. The SMILES string of the molecule is Cc1nc(NCc2cccc(-n3cccn3)c2)n(C)n1. The van der Waals surface area contributed by atoms with Crippen LogP contribution in [0, 0.1) is 6.92 Å². The van der Waals surface area contributed by atoms with E-state index >= 15 is 0 Å². The minimum absolute atomic E-state index is 0.696. The van der Waals surface area contributed by atoms with Crippen LogP contribution in [0.4, 0.5) is 5.95 Å². The molecule has 0 radical (unpaired) electrons. The van der Waals surface area contributed by atoms with Crippen molar-refractivity contribution < 1.29 is 0 Å². The van der Waals surface area contributed by atoms with E-state index < -0.39 is 0 Å². The molecule has 2 aromatic heterocycles. The summed E-state index contributed by atoms with van der Waals surface area (Å²) in [5, 5.41) is 11.7. The Bertz CT molecular complexity index is 698. The van der Waals surface area contributed by atoms with Gasteiger partial charge in [0.1, 0.15) is 5.82 Å². The van der Waals surface area contributed by atoms with Crippen LogP contribution >= 0.6 is 0 Å². The second-order valence-corrected chi connectivity index (χ2v) is 4.58. The number of aryl methyl sites for hydroxylation is 2. The maximum absolute atomic E-state index is 4.32. The highest BCUT2D eigenvalue weighted by molar-refractivity contribution is 5.37. The topological polar surface area (TPSA) is 60.6 Å². The van der Waals surface area contributed by atoms with Gasteiger partial charge < -0.3 is 5.32 Å². The zero-order valence-corrected chi connectivity index (χ0v) is 11.5. The van der Waals surface area contributed by atoms with Crippen molar-refractivity contribution in [1.82, 2.24) is 24.5 Å². The largest absolute Gasteiger partial charge is 0.350 e. The van der Waals surface area contributed by atoms with E-state index in [2.05, 4.69) is 32.6 Å². The van der Waals surface area contributed by atoms with Gasteiger partial charge in [0.25, 0.3) is 0 Å². The zero-order chi connectivity index (χ0) is 13.9. The van der Waals surface area contributed by atoms with E-state index in [0.29, 0.717) is 6.54 Å². The molecule has 0 amide bonds. The number of rotatable bonds is 4. The maximum Gasteiger partial charge on any atom is 0.221 e. The molecule has 0 fully saturated rings. The Balaban J connectivity index is 1.75. The molecule has 0 aliphatic rings. The van der Waals surface area contributed by atoms with Gasteiger partial charge in [0.05, 0.1) is 5.69 Å². The lowest BCUT2D eigenvalue weighted by atomic mass is 10.2. The zero-order valence-electron chi connectivity index (χ0n) is 11.5. The summed E-state index contributed by atoms with van der Waals surface area (Å²) in [5.41, 5.74) is 2.21. The van der Waals surface area contributed by atoms with E-state index in [1.54, 1.807) is 10.9 Å². The molecule has 0 atom stereocenters. The Labute approximate surface area is 117 Å². The Hall–Kier alpha value is -2.63. The summed E-state index contributed by atoms with van der Waals surface area (Å²) < 4.78 is 3.59. The average Bonchev–Trinajstić information content (AvgIpc) is 3.07. The van der Waals surface area contributed by atoms with Crippen molar-refractivity contribution >= 4 is 5.95 Å². The van der Waals surface area contributed by atoms with Crippen LogP contribution in [0.25, 0.3) is 5.69 Å². The first-order chi connectivity index (χ1) is 9.72. The van der Waals surface area contributed by atoms with Crippen molar-refractivity contribution in [3.8, 4) is 5.69 Å². The van der Waals surface area contributed by atoms with Crippen LogP contribution in [-0.4, -0.2) is 24.5 Å². The van der Waals surface area contributed by atoms with E-state index in [1.165, 1.54) is 5.56 Å². The lowest BCUT2D eigenvalue weighted by Gasteiger charge is -2.07. The van der Waals surface area contributed by atoms with Crippen molar-refractivity contribution in [3.63, 3.8) is 0 Å².